The van der Waals surface area contributed by atoms with Crippen molar-refractivity contribution in [3.8, 4) is 0 Å². The Morgan fingerprint density at radius 2 is 1.86 bits per heavy atom. The molecule has 1 amide bonds. The fraction of sp³-hybridized carbons (Fsp3) is 0.300. The Hall–Kier alpha value is -2.87. The maximum absolute atomic E-state index is 12.1. The van der Waals surface area contributed by atoms with Gasteiger partial charge in [-0.25, -0.2) is 0 Å². The van der Waals surface area contributed by atoms with Gasteiger partial charge in [0.2, 0.25) is 0 Å². The lowest BCUT2D eigenvalue weighted by atomic mass is 9.97. The van der Waals surface area contributed by atoms with Crippen LogP contribution in [0.15, 0.2) is 53.4 Å². The summed E-state index contributed by atoms with van der Waals surface area (Å²) in [5.74, 6) is -0.621. The van der Waals surface area contributed by atoms with Gasteiger partial charge < -0.3 is 10.1 Å². The second-order valence-corrected chi connectivity index (χ2v) is 7.19. The molecule has 7 nitrogen and oxygen atoms in total. The van der Waals surface area contributed by atoms with E-state index in [1.54, 1.807) is 12.1 Å². The predicted octanol–water partition coefficient (Wildman–Crippen LogP) is 4.38. The molecule has 0 spiro atoms. The van der Waals surface area contributed by atoms with Gasteiger partial charge in [0, 0.05) is 22.7 Å². The lowest BCUT2D eigenvalue weighted by Gasteiger charge is -2.15. The average Bonchev–Trinajstić information content (AvgIpc) is 2.70. The van der Waals surface area contributed by atoms with Crippen molar-refractivity contribution >= 4 is 35.0 Å². The molecule has 148 valence electrons. The highest BCUT2D eigenvalue weighted by atomic mass is 32.2. The molecule has 0 radical (unpaired) electrons. The monoisotopic (exact) mass is 402 g/mol. The van der Waals surface area contributed by atoms with Gasteiger partial charge in [-0.1, -0.05) is 32.0 Å². The normalized spacial score (nSPS) is 11.5. The number of carbonyl (C=O) groups is 2. The van der Waals surface area contributed by atoms with E-state index in [9.17, 15) is 19.7 Å². The highest BCUT2D eigenvalue weighted by molar-refractivity contribution is 8.00. The first-order valence-corrected chi connectivity index (χ1v) is 9.81. The smallest absolute Gasteiger partial charge is 0.316 e. The van der Waals surface area contributed by atoms with E-state index in [1.165, 1.54) is 23.9 Å². The lowest BCUT2D eigenvalue weighted by Crippen LogP contribution is -2.22. The molecule has 0 saturated heterocycles. The highest BCUT2D eigenvalue weighted by Crippen LogP contribution is 2.26. The van der Waals surface area contributed by atoms with Crippen LogP contribution in [-0.2, 0) is 14.3 Å². The van der Waals surface area contributed by atoms with Gasteiger partial charge in [-0.15, -0.1) is 11.8 Å². The molecule has 0 aliphatic rings. The van der Waals surface area contributed by atoms with Crippen LogP contribution >= 0.6 is 11.8 Å². The molecule has 2 rings (SSSR count). The molecule has 0 bridgehead atoms. The molecule has 1 atom stereocenters. The Bertz CT molecular complexity index is 839. The Labute approximate surface area is 167 Å². The molecule has 0 fully saturated rings. The molecule has 0 aliphatic carbocycles. The van der Waals surface area contributed by atoms with E-state index < -0.39 is 16.8 Å². The summed E-state index contributed by atoms with van der Waals surface area (Å²) < 4.78 is 5.01. The van der Waals surface area contributed by atoms with E-state index in [1.807, 2.05) is 24.3 Å². The minimum atomic E-state index is -0.534. The number of nitrogens with one attached hydrogen (secondary N) is 1. The number of nitro benzene ring substituents is 1. The van der Waals surface area contributed by atoms with Crippen LogP contribution in [0.2, 0.25) is 0 Å². The first kappa shape index (κ1) is 21.4. The number of esters is 1. The topological polar surface area (TPSA) is 98.5 Å². The van der Waals surface area contributed by atoms with Gasteiger partial charge in [-0.3, -0.25) is 19.7 Å². The number of hydrogen-bond donors (Lipinski definition) is 1. The van der Waals surface area contributed by atoms with Gasteiger partial charge >= 0.3 is 5.97 Å². The Kier molecular flexibility index (Phi) is 8.01. The van der Waals surface area contributed by atoms with Crippen LogP contribution in [0, 0.1) is 10.1 Å². The van der Waals surface area contributed by atoms with E-state index >= 15 is 0 Å². The quantitative estimate of drug-likeness (QED) is 0.289. The minimum absolute atomic E-state index is 0.00848. The first-order valence-electron chi connectivity index (χ1n) is 8.82. The standard InChI is InChI=1S/C20H22N2O5S/c1-3-14(2)17-6-4-5-7-18(17)21-19(23)12-27-20(24)13-28-16-10-8-15(9-11-16)22(25)26/h4-11,14H,3,12-13H2,1-2H3,(H,21,23)/t14-/m0/s1. The third-order valence-electron chi connectivity index (χ3n) is 4.15. The van der Waals surface area contributed by atoms with Crippen LogP contribution in [0.25, 0.3) is 0 Å². The number of carbonyl (C=O) groups excluding carboxylic acids is 2. The number of hydrogen-bond acceptors (Lipinski definition) is 6. The number of amides is 1. The van der Waals surface area contributed by atoms with E-state index in [4.69, 9.17) is 4.74 Å². The molecule has 0 aliphatic heterocycles. The summed E-state index contributed by atoms with van der Waals surface area (Å²) >= 11 is 1.19. The zero-order valence-electron chi connectivity index (χ0n) is 15.7. The number of nitro groups is 1. The summed E-state index contributed by atoms with van der Waals surface area (Å²) in [4.78, 5) is 34.8. The van der Waals surface area contributed by atoms with E-state index in [0.29, 0.717) is 10.8 Å². The molecule has 8 heteroatoms. The molecule has 0 heterocycles. The molecule has 0 unspecified atom stereocenters. The van der Waals surface area contributed by atoms with Crippen LogP contribution in [0.3, 0.4) is 0 Å². The lowest BCUT2D eigenvalue weighted by molar-refractivity contribution is -0.384. The van der Waals surface area contributed by atoms with Crippen LogP contribution in [0.1, 0.15) is 31.7 Å². The summed E-state index contributed by atoms with van der Waals surface area (Å²) in [6.07, 6.45) is 0.946. The summed E-state index contributed by atoms with van der Waals surface area (Å²) in [6, 6.07) is 13.4. The number of nitrogens with zero attached hydrogens (tertiary/aromatic N) is 1. The summed E-state index contributed by atoms with van der Waals surface area (Å²) in [6.45, 7) is 3.79. The van der Waals surface area contributed by atoms with Gasteiger partial charge in [-0.05, 0) is 36.1 Å². The molecule has 2 aromatic carbocycles. The van der Waals surface area contributed by atoms with E-state index in [2.05, 4.69) is 19.2 Å². The second-order valence-electron chi connectivity index (χ2n) is 6.15. The highest BCUT2D eigenvalue weighted by Gasteiger charge is 2.13. The van der Waals surface area contributed by atoms with Crippen molar-refractivity contribution in [3.05, 3.63) is 64.2 Å². The number of benzene rings is 2. The van der Waals surface area contributed by atoms with Crippen LogP contribution in [-0.4, -0.2) is 29.2 Å². The van der Waals surface area contributed by atoms with Crippen LogP contribution in [0.4, 0.5) is 11.4 Å². The molecular weight excluding hydrogens is 380 g/mol. The van der Waals surface area contributed by atoms with Gasteiger partial charge in [0.1, 0.15) is 0 Å². The zero-order valence-corrected chi connectivity index (χ0v) is 16.5. The minimum Gasteiger partial charge on any atom is -0.455 e. The maximum atomic E-state index is 12.1. The number of anilines is 1. The van der Waals surface area contributed by atoms with Crippen molar-refractivity contribution in [1.82, 2.24) is 0 Å². The van der Waals surface area contributed by atoms with Crippen molar-refractivity contribution in [2.75, 3.05) is 17.7 Å². The Morgan fingerprint density at radius 1 is 1.18 bits per heavy atom. The van der Waals surface area contributed by atoms with Crippen LogP contribution in [0.5, 0.6) is 0 Å². The van der Waals surface area contributed by atoms with Crippen molar-refractivity contribution in [2.45, 2.75) is 31.1 Å². The van der Waals surface area contributed by atoms with Crippen molar-refractivity contribution in [1.29, 1.82) is 0 Å². The SMILES string of the molecule is CC[C@H](C)c1ccccc1NC(=O)COC(=O)CSc1ccc([N+](=O)[O-])cc1. The molecule has 2 aromatic rings. The van der Waals surface area contributed by atoms with Gasteiger partial charge in [0.15, 0.2) is 6.61 Å². The van der Waals surface area contributed by atoms with Crippen molar-refractivity contribution in [3.63, 3.8) is 0 Å². The first-order chi connectivity index (χ1) is 13.4. The van der Waals surface area contributed by atoms with Crippen molar-refractivity contribution < 1.29 is 19.2 Å². The summed E-state index contributed by atoms with van der Waals surface area (Å²) in [5.41, 5.74) is 1.75. The fourth-order valence-electron chi connectivity index (χ4n) is 2.44. The molecule has 28 heavy (non-hydrogen) atoms. The second kappa shape index (κ2) is 10.5. The number of non-ortho nitro benzene ring substituents is 1. The predicted molar refractivity (Wildman–Crippen MR) is 109 cm³/mol. The third-order valence-corrected chi connectivity index (χ3v) is 5.13. The Morgan fingerprint density at radius 3 is 2.50 bits per heavy atom. The number of rotatable bonds is 9. The van der Waals surface area contributed by atoms with Gasteiger partial charge in [0.25, 0.3) is 11.6 Å². The van der Waals surface area contributed by atoms with E-state index in [-0.39, 0.29) is 18.0 Å². The van der Waals surface area contributed by atoms with Crippen molar-refractivity contribution in [2.24, 2.45) is 0 Å². The third kappa shape index (κ3) is 6.38. The van der Waals surface area contributed by atoms with Gasteiger partial charge in [-0.2, -0.15) is 0 Å². The maximum Gasteiger partial charge on any atom is 0.316 e. The average molecular weight is 402 g/mol. The van der Waals surface area contributed by atoms with Crippen LogP contribution < -0.4 is 5.32 Å². The fourth-order valence-corrected chi connectivity index (χ4v) is 3.14. The summed E-state index contributed by atoms with van der Waals surface area (Å²) in [7, 11) is 0. The molecule has 1 N–H and O–H groups in total. The van der Waals surface area contributed by atoms with E-state index in [0.717, 1.165) is 17.7 Å². The molecule has 0 saturated carbocycles. The largest absolute Gasteiger partial charge is 0.455 e. The summed E-state index contributed by atoms with van der Waals surface area (Å²) in [5, 5.41) is 13.4. The number of para-hydroxylation sites is 1. The zero-order chi connectivity index (χ0) is 20.5. The number of thioether (sulfide) groups is 1. The molecule has 0 aromatic heterocycles. The number of ether oxygens (including phenoxy) is 1. The van der Waals surface area contributed by atoms with Gasteiger partial charge in [0.05, 0.1) is 10.7 Å². The Balaban J connectivity index is 1.80. The molecular formula is C20H22N2O5S.